The Labute approximate surface area is 281 Å². The Kier molecular flexibility index (Phi) is 35.7. The second-order valence-electron chi connectivity index (χ2n) is 11.2. The van der Waals surface area contributed by atoms with Gasteiger partial charge in [-0.25, -0.2) is 8.42 Å². The zero-order valence-corrected chi connectivity index (χ0v) is 29.8. The summed E-state index contributed by atoms with van der Waals surface area (Å²) < 4.78 is 37.2. The fourth-order valence-electron chi connectivity index (χ4n) is 5.05. The van der Waals surface area contributed by atoms with E-state index in [1.165, 1.54) is 148 Å². The van der Waals surface area contributed by atoms with Crippen LogP contribution in [0.3, 0.4) is 0 Å². The summed E-state index contributed by atoms with van der Waals surface area (Å²) in [6, 6.07) is 0. The largest absolute Gasteiger partial charge is 1.00 e. The predicted octanol–water partition coefficient (Wildman–Crippen LogP) is 7.82. The summed E-state index contributed by atoms with van der Waals surface area (Å²) in [6.07, 6.45) is 38.1. The first kappa shape index (κ1) is 41.4. The maximum atomic E-state index is 10.9. The number of hydrogen-bond acceptors (Lipinski definition) is 4. The molecule has 0 aliphatic rings. The molecule has 0 heterocycles. The summed E-state index contributed by atoms with van der Waals surface area (Å²) in [5.41, 5.74) is 0. The van der Waals surface area contributed by atoms with Crippen molar-refractivity contribution >= 4 is 10.4 Å². The second kappa shape index (κ2) is 32.8. The van der Waals surface area contributed by atoms with Crippen molar-refractivity contribution in [3.8, 4) is 0 Å². The third-order valence-corrected chi connectivity index (χ3v) is 7.91. The molecule has 0 aliphatic carbocycles. The van der Waals surface area contributed by atoms with Crippen LogP contribution in [0.25, 0.3) is 0 Å². The van der Waals surface area contributed by atoms with Crippen LogP contribution in [0.4, 0.5) is 0 Å². The zero-order valence-electron chi connectivity index (χ0n) is 25.9. The summed E-state index contributed by atoms with van der Waals surface area (Å²) in [5.74, 6) is 0.0184. The van der Waals surface area contributed by atoms with Crippen molar-refractivity contribution in [1.29, 1.82) is 0 Å². The van der Waals surface area contributed by atoms with Crippen LogP contribution in [0, 0.1) is 5.92 Å². The molecule has 0 saturated carbocycles. The fraction of sp³-hybridized carbons (Fsp3) is 0.938. The van der Waals surface area contributed by atoms with E-state index in [2.05, 4.69) is 30.2 Å². The standard InChI is InChI=1S/C32H64O4S.K/c1-3-5-7-9-11-13-14-15-16-17-18-19-20-21-22-24-26-28-30-32(31-36-37(33,34)35)29-27-25-23-12-10-8-6-4-2;/h28,30,32H,3-27,29,31H2,1-2H3,(H,33,34,35);/q;+1/p-1/b30-28+;. The third kappa shape index (κ3) is 35.3. The van der Waals surface area contributed by atoms with Crippen LogP contribution < -0.4 is 51.4 Å². The molecule has 222 valence electrons. The molecule has 0 fully saturated rings. The van der Waals surface area contributed by atoms with Crippen LogP contribution in [0.2, 0.25) is 0 Å². The van der Waals surface area contributed by atoms with Crippen molar-refractivity contribution in [2.24, 2.45) is 5.92 Å². The molecule has 0 bridgehead atoms. The van der Waals surface area contributed by atoms with E-state index in [1.54, 1.807) is 0 Å². The number of rotatable bonds is 30. The normalized spacial score (nSPS) is 12.7. The first-order valence-corrected chi connectivity index (χ1v) is 17.6. The van der Waals surface area contributed by atoms with E-state index in [0.717, 1.165) is 19.3 Å². The van der Waals surface area contributed by atoms with Gasteiger partial charge in [0.2, 0.25) is 10.4 Å². The van der Waals surface area contributed by atoms with Gasteiger partial charge in [0.15, 0.2) is 0 Å². The quantitative estimate of drug-likeness (QED) is 0.0285. The first-order valence-electron chi connectivity index (χ1n) is 16.3. The monoisotopic (exact) mass is 582 g/mol. The number of hydrogen-bond donors (Lipinski definition) is 0. The van der Waals surface area contributed by atoms with Gasteiger partial charge in [-0.05, 0) is 19.3 Å². The van der Waals surface area contributed by atoms with Gasteiger partial charge in [-0.1, -0.05) is 174 Å². The minimum atomic E-state index is -4.61. The maximum absolute atomic E-state index is 10.9. The first-order chi connectivity index (χ1) is 18.0. The molecule has 0 rings (SSSR count). The van der Waals surface area contributed by atoms with Gasteiger partial charge in [-0.2, -0.15) is 0 Å². The van der Waals surface area contributed by atoms with E-state index >= 15 is 0 Å². The Balaban J connectivity index is 0. The van der Waals surface area contributed by atoms with Crippen molar-refractivity contribution in [3.63, 3.8) is 0 Å². The SMILES string of the molecule is CCCCCCCCCCCCCCCCCC/C=C/C(CCCCCCCCCC)COS(=O)(=O)[O-].[K+]. The van der Waals surface area contributed by atoms with Crippen molar-refractivity contribution in [1.82, 2.24) is 0 Å². The summed E-state index contributed by atoms with van der Waals surface area (Å²) in [6.45, 7) is 4.50. The molecule has 0 aromatic rings. The van der Waals surface area contributed by atoms with Crippen LogP contribution in [0.1, 0.15) is 181 Å². The van der Waals surface area contributed by atoms with Gasteiger partial charge in [0, 0.05) is 5.92 Å². The Morgan fingerprint density at radius 2 is 0.921 bits per heavy atom. The van der Waals surface area contributed by atoms with E-state index in [9.17, 15) is 13.0 Å². The van der Waals surface area contributed by atoms with Gasteiger partial charge in [0.25, 0.3) is 0 Å². The molecule has 0 amide bonds. The van der Waals surface area contributed by atoms with Gasteiger partial charge >= 0.3 is 51.4 Å². The Hall–Kier alpha value is 1.25. The van der Waals surface area contributed by atoms with Gasteiger partial charge in [0.05, 0.1) is 6.61 Å². The molecule has 0 aromatic carbocycles. The van der Waals surface area contributed by atoms with Crippen molar-refractivity contribution in [2.45, 2.75) is 181 Å². The molecule has 1 atom stereocenters. The van der Waals surface area contributed by atoms with E-state index in [4.69, 9.17) is 0 Å². The molecule has 0 N–H and O–H groups in total. The molecule has 0 radical (unpaired) electrons. The summed E-state index contributed by atoms with van der Waals surface area (Å²) in [4.78, 5) is 0. The summed E-state index contributed by atoms with van der Waals surface area (Å²) >= 11 is 0. The molecule has 6 heteroatoms. The van der Waals surface area contributed by atoms with Crippen LogP contribution in [0.15, 0.2) is 12.2 Å². The molecule has 38 heavy (non-hydrogen) atoms. The summed E-state index contributed by atoms with van der Waals surface area (Å²) in [5, 5.41) is 0. The van der Waals surface area contributed by atoms with Crippen LogP contribution in [0.5, 0.6) is 0 Å². The summed E-state index contributed by atoms with van der Waals surface area (Å²) in [7, 11) is -4.61. The zero-order chi connectivity index (χ0) is 27.3. The minimum absolute atomic E-state index is 0. The number of allylic oxidation sites excluding steroid dienone is 1. The van der Waals surface area contributed by atoms with Crippen LogP contribution >= 0.6 is 0 Å². The molecule has 0 spiro atoms. The molecule has 0 aromatic heterocycles. The number of unbranched alkanes of at least 4 members (excludes halogenated alkanes) is 23. The maximum Gasteiger partial charge on any atom is 1.00 e. The topological polar surface area (TPSA) is 66.4 Å². The second-order valence-corrected chi connectivity index (χ2v) is 12.3. The van der Waals surface area contributed by atoms with Crippen molar-refractivity contribution < 1.29 is 68.5 Å². The van der Waals surface area contributed by atoms with Crippen LogP contribution in [-0.2, 0) is 14.6 Å². The predicted molar refractivity (Wildman–Crippen MR) is 160 cm³/mol. The van der Waals surface area contributed by atoms with Crippen LogP contribution in [-0.4, -0.2) is 19.6 Å². The fourth-order valence-corrected chi connectivity index (χ4v) is 5.39. The molecular weight excluding hydrogens is 520 g/mol. The van der Waals surface area contributed by atoms with Crippen molar-refractivity contribution in [3.05, 3.63) is 12.2 Å². The average Bonchev–Trinajstić information content (AvgIpc) is 2.87. The third-order valence-electron chi connectivity index (χ3n) is 7.49. The van der Waals surface area contributed by atoms with Gasteiger partial charge < -0.3 is 4.55 Å². The molecule has 0 aliphatic heterocycles. The molecule has 1 unspecified atom stereocenters. The van der Waals surface area contributed by atoms with Gasteiger partial charge in [0.1, 0.15) is 0 Å². The van der Waals surface area contributed by atoms with E-state index in [0.29, 0.717) is 0 Å². The minimum Gasteiger partial charge on any atom is -0.726 e. The van der Waals surface area contributed by atoms with Crippen molar-refractivity contribution in [2.75, 3.05) is 6.61 Å². The Morgan fingerprint density at radius 3 is 1.29 bits per heavy atom. The van der Waals surface area contributed by atoms with E-state index in [-0.39, 0.29) is 63.9 Å². The van der Waals surface area contributed by atoms with E-state index < -0.39 is 10.4 Å². The smallest absolute Gasteiger partial charge is 0.726 e. The Morgan fingerprint density at radius 1 is 0.579 bits per heavy atom. The van der Waals surface area contributed by atoms with E-state index in [1.807, 2.05) is 0 Å². The van der Waals surface area contributed by atoms with Gasteiger partial charge in [-0.15, -0.1) is 0 Å². The Bertz CT molecular complexity index is 580. The van der Waals surface area contributed by atoms with Gasteiger partial charge in [-0.3, -0.25) is 4.18 Å². The average molecular weight is 583 g/mol. The molecular formula is C32H63KO4S. The molecule has 4 nitrogen and oxygen atoms in total. The molecule has 0 saturated heterocycles.